The number of tetrazole rings is 1. The minimum atomic E-state index is -1.23. The SMILES string of the molecule is CCCCCc1ccc(C=CC(=O)c2cccc3c2OC(N)(c2nn[nH]n2)C3)cc1. The summed E-state index contributed by atoms with van der Waals surface area (Å²) in [6, 6.07) is 13.8. The van der Waals surface area contributed by atoms with Crippen LogP contribution in [0.15, 0.2) is 48.5 Å². The van der Waals surface area contributed by atoms with Crippen LogP contribution in [-0.2, 0) is 18.6 Å². The molecule has 154 valence electrons. The molecule has 1 aliphatic heterocycles. The number of nitrogens with one attached hydrogen (secondary N) is 1. The van der Waals surface area contributed by atoms with Crippen molar-refractivity contribution in [2.24, 2.45) is 5.73 Å². The maximum Gasteiger partial charge on any atom is 0.233 e. The summed E-state index contributed by atoms with van der Waals surface area (Å²) in [5, 5.41) is 13.8. The van der Waals surface area contributed by atoms with Gasteiger partial charge >= 0.3 is 0 Å². The van der Waals surface area contributed by atoms with E-state index in [1.54, 1.807) is 12.1 Å². The highest BCUT2D eigenvalue weighted by atomic mass is 16.5. The number of nitrogens with zero attached hydrogens (tertiary/aromatic N) is 3. The van der Waals surface area contributed by atoms with Crippen molar-refractivity contribution >= 4 is 11.9 Å². The smallest absolute Gasteiger partial charge is 0.233 e. The lowest BCUT2D eigenvalue weighted by Gasteiger charge is -2.19. The van der Waals surface area contributed by atoms with Crippen molar-refractivity contribution in [3.63, 3.8) is 0 Å². The number of carbonyl (C=O) groups is 1. The van der Waals surface area contributed by atoms with Gasteiger partial charge in [0, 0.05) is 12.0 Å². The summed E-state index contributed by atoms with van der Waals surface area (Å²) < 4.78 is 5.94. The van der Waals surface area contributed by atoms with E-state index >= 15 is 0 Å². The van der Waals surface area contributed by atoms with E-state index in [4.69, 9.17) is 10.5 Å². The van der Waals surface area contributed by atoms with Gasteiger partial charge in [0.25, 0.3) is 0 Å². The summed E-state index contributed by atoms with van der Waals surface area (Å²) in [4.78, 5) is 12.9. The Labute approximate surface area is 175 Å². The number of aryl methyl sites for hydroxylation is 1. The van der Waals surface area contributed by atoms with Crippen molar-refractivity contribution in [2.75, 3.05) is 0 Å². The zero-order valence-corrected chi connectivity index (χ0v) is 17.0. The van der Waals surface area contributed by atoms with Crippen molar-refractivity contribution in [2.45, 2.75) is 44.8 Å². The van der Waals surface area contributed by atoms with Crippen LogP contribution >= 0.6 is 0 Å². The molecule has 7 heteroatoms. The monoisotopic (exact) mass is 403 g/mol. The molecule has 1 unspecified atom stereocenters. The van der Waals surface area contributed by atoms with Gasteiger partial charge in [0.2, 0.25) is 11.5 Å². The average molecular weight is 403 g/mol. The molecule has 0 fully saturated rings. The average Bonchev–Trinajstić information content (AvgIpc) is 3.41. The van der Waals surface area contributed by atoms with Crippen LogP contribution in [0.4, 0.5) is 0 Å². The first-order valence-corrected chi connectivity index (χ1v) is 10.2. The Hall–Kier alpha value is -3.32. The maximum absolute atomic E-state index is 12.9. The van der Waals surface area contributed by atoms with E-state index in [0.29, 0.717) is 17.7 Å². The van der Waals surface area contributed by atoms with Gasteiger partial charge in [0.1, 0.15) is 5.75 Å². The minimum Gasteiger partial charge on any atom is -0.464 e. The first kappa shape index (κ1) is 20.0. The fraction of sp³-hybridized carbons (Fsp3) is 0.304. The van der Waals surface area contributed by atoms with Gasteiger partial charge in [-0.15, -0.1) is 10.2 Å². The predicted octanol–water partition coefficient (Wildman–Crippen LogP) is 3.58. The Morgan fingerprint density at radius 2 is 2.07 bits per heavy atom. The van der Waals surface area contributed by atoms with E-state index in [2.05, 4.69) is 39.7 Å². The number of carbonyl (C=O) groups excluding carboxylic acids is 1. The number of para-hydroxylation sites is 1. The second kappa shape index (κ2) is 8.59. The van der Waals surface area contributed by atoms with E-state index in [1.165, 1.54) is 24.8 Å². The van der Waals surface area contributed by atoms with Gasteiger partial charge in [0.15, 0.2) is 5.78 Å². The Morgan fingerprint density at radius 3 is 2.80 bits per heavy atom. The summed E-state index contributed by atoms with van der Waals surface area (Å²) >= 11 is 0. The molecule has 4 rings (SSSR count). The second-order valence-corrected chi connectivity index (χ2v) is 7.59. The molecule has 7 nitrogen and oxygen atoms in total. The minimum absolute atomic E-state index is 0.142. The fourth-order valence-corrected chi connectivity index (χ4v) is 3.64. The van der Waals surface area contributed by atoms with Crippen LogP contribution in [0, 0.1) is 0 Å². The Kier molecular flexibility index (Phi) is 5.72. The molecule has 2 heterocycles. The first-order valence-electron chi connectivity index (χ1n) is 10.2. The van der Waals surface area contributed by atoms with Crippen molar-refractivity contribution in [1.29, 1.82) is 0 Å². The van der Waals surface area contributed by atoms with Crippen molar-refractivity contribution in [3.05, 3.63) is 76.6 Å². The molecule has 1 atom stereocenters. The molecule has 0 bridgehead atoms. The first-order chi connectivity index (χ1) is 14.6. The standard InChI is InChI=1S/C23H25N5O2/c1-2-3-4-6-16-9-11-17(12-10-16)13-14-20(29)19-8-5-7-18-15-23(24,30-21(18)19)22-25-27-28-26-22/h5,7-14H,2-4,6,15,24H2,1H3,(H,25,26,27,28). The Bertz CT molecular complexity index is 1040. The summed E-state index contributed by atoms with van der Waals surface area (Å²) in [5.74, 6) is 0.591. The van der Waals surface area contributed by atoms with Gasteiger partial charge < -0.3 is 4.74 Å². The molecule has 0 radical (unpaired) electrons. The molecule has 1 aliphatic rings. The van der Waals surface area contributed by atoms with Crippen molar-refractivity contribution in [3.8, 4) is 5.75 Å². The van der Waals surface area contributed by atoms with E-state index in [9.17, 15) is 4.79 Å². The van der Waals surface area contributed by atoms with Crippen LogP contribution in [0.25, 0.3) is 6.08 Å². The lowest BCUT2D eigenvalue weighted by Crippen LogP contribution is -2.42. The number of unbranched alkanes of at least 4 members (excludes halogenated alkanes) is 2. The fourth-order valence-electron chi connectivity index (χ4n) is 3.64. The molecule has 1 aromatic heterocycles. The summed E-state index contributed by atoms with van der Waals surface area (Å²) in [6.45, 7) is 2.21. The number of hydrogen-bond acceptors (Lipinski definition) is 6. The Morgan fingerprint density at radius 1 is 1.23 bits per heavy atom. The van der Waals surface area contributed by atoms with Gasteiger partial charge in [-0.2, -0.15) is 5.21 Å². The van der Waals surface area contributed by atoms with E-state index in [0.717, 1.165) is 17.5 Å². The number of nitrogens with two attached hydrogens (primary N) is 1. The summed E-state index contributed by atoms with van der Waals surface area (Å²) in [5.41, 5.74) is 8.71. The molecule has 3 aromatic rings. The predicted molar refractivity (Wildman–Crippen MR) is 114 cm³/mol. The van der Waals surface area contributed by atoms with Crippen LogP contribution in [0.3, 0.4) is 0 Å². The number of ketones is 1. The molecule has 0 saturated heterocycles. The molecule has 3 N–H and O–H groups in total. The number of H-pyrrole nitrogens is 1. The zero-order valence-electron chi connectivity index (χ0n) is 17.0. The van der Waals surface area contributed by atoms with Crippen LogP contribution in [0.1, 0.15) is 59.1 Å². The van der Waals surface area contributed by atoms with Crippen LogP contribution < -0.4 is 10.5 Å². The quantitative estimate of drug-likeness (QED) is 0.338. The molecule has 2 aromatic carbocycles. The lowest BCUT2D eigenvalue weighted by atomic mass is 10.0. The second-order valence-electron chi connectivity index (χ2n) is 7.59. The van der Waals surface area contributed by atoms with Crippen molar-refractivity contribution in [1.82, 2.24) is 20.6 Å². The van der Waals surface area contributed by atoms with Crippen LogP contribution in [-0.4, -0.2) is 26.4 Å². The topological polar surface area (TPSA) is 107 Å². The number of fused-ring (bicyclic) bond motifs is 1. The molecule has 0 aliphatic carbocycles. The van der Waals surface area contributed by atoms with Crippen LogP contribution in [0.2, 0.25) is 0 Å². The van der Waals surface area contributed by atoms with Gasteiger partial charge in [-0.05, 0) is 41.3 Å². The van der Waals surface area contributed by atoms with E-state index in [1.807, 2.05) is 30.3 Å². The highest BCUT2D eigenvalue weighted by molar-refractivity contribution is 6.09. The number of hydrogen-bond donors (Lipinski definition) is 2. The zero-order chi connectivity index (χ0) is 21.0. The van der Waals surface area contributed by atoms with E-state index in [-0.39, 0.29) is 11.6 Å². The van der Waals surface area contributed by atoms with E-state index < -0.39 is 5.72 Å². The van der Waals surface area contributed by atoms with Gasteiger partial charge in [-0.3, -0.25) is 10.5 Å². The molecule has 30 heavy (non-hydrogen) atoms. The van der Waals surface area contributed by atoms with Crippen LogP contribution in [0.5, 0.6) is 5.75 Å². The molecule has 0 saturated carbocycles. The molecular formula is C23H25N5O2. The van der Waals surface area contributed by atoms with Gasteiger partial charge in [-0.1, -0.05) is 62.2 Å². The third-order valence-corrected chi connectivity index (χ3v) is 5.30. The third kappa shape index (κ3) is 4.16. The summed E-state index contributed by atoms with van der Waals surface area (Å²) in [7, 11) is 0. The highest BCUT2D eigenvalue weighted by Gasteiger charge is 2.42. The maximum atomic E-state index is 12.9. The number of allylic oxidation sites excluding steroid dienone is 1. The largest absolute Gasteiger partial charge is 0.464 e. The third-order valence-electron chi connectivity index (χ3n) is 5.30. The van der Waals surface area contributed by atoms with Crippen molar-refractivity contribution < 1.29 is 9.53 Å². The highest BCUT2D eigenvalue weighted by Crippen LogP contribution is 2.39. The number of rotatable bonds is 8. The number of aromatic amines is 1. The number of aromatic nitrogens is 4. The van der Waals surface area contributed by atoms with Gasteiger partial charge in [-0.25, -0.2) is 0 Å². The molecule has 0 spiro atoms. The normalized spacial score (nSPS) is 17.8. The Balaban J connectivity index is 1.47. The molecule has 0 amide bonds. The lowest BCUT2D eigenvalue weighted by molar-refractivity contribution is 0.0874. The van der Waals surface area contributed by atoms with Gasteiger partial charge in [0.05, 0.1) is 5.56 Å². The summed E-state index contributed by atoms with van der Waals surface area (Å²) in [6.07, 6.45) is 8.51. The molecular weight excluding hydrogens is 378 g/mol. The number of benzene rings is 2. The number of ether oxygens (including phenoxy) is 1.